The highest BCUT2D eigenvalue weighted by molar-refractivity contribution is 5.11. The van der Waals surface area contributed by atoms with Gasteiger partial charge in [-0.15, -0.1) is 0 Å². The van der Waals surface area contributed by atoms with Crippen LogP contribution in [0.5, 0.6) is 0 Å². The van der Waals surface area contributed by atoms with E-state index in [1.807, 2.05) is 0 Å². The molecule has 10 atom stereocenters. The molecule has 0 heterocycles. The number of aliphatic hydroxyl groups excluding tert-OH is 1. The number of alkyl halides is 3. The van der Waals surface area contributed by atoms with Gasteiger partial charge in [0.05, 0.1) is 6.10 Å². The molecule has 5 heteroatoms. The smallest absolute Gasteiger partial charge is 0.393 e. The third-order valence-corrected chi connectivity index (χ3v) is 12.2. The van der Waals surface area contributed by atoms with Crippen molar-refractivity contribution in [1.82, 2.24) is 0 Å². The molecule has 0 aliphatic heterocycles. The topological polar surface area (TPSA) is 40.5 Å². The van der Waals surface area contributed by atoms with Crippen LogP contribution in [-0.4, -0.2) is 28.1 Å². The van der Waals surface area contributed by atoms with Gasteiger partial charge in [-0.2, -0.15) is 13.2 Å². The molecular formula is C30H51F3O2. The molecule has 0 unspecified atom stereocenters. The van der Waals surface area contributed by atoms with Crippen LogP contribution in [-0.2, 0) is 0 Å². The van der Waals surface area contributed by atoms with Crippen LogP contribution >= 0.6 is 0 Å². The number of hydrogen-bond acceptors (Lipinski definition) is 2. The molecule has 4 saturated carbocycles. The Hall–Kier alpha value is -0.290. The van der Waals surface area contributed by atoms with Gasteiger partial charge < -0.3 is 10.2 Å². The maximum atomic E-state index is 13.6. The van der Waals surface area contributed by atoms with Gasteiger partial charge in [0, 0.05) is 0 Å². The van der Waals surface area contributed by atoms with Crippen LogP contribution in [0, 0.1) is 51.8 Å². The van der Waals surface area contributed by atoms with Crippen molar-refractivity contribution in [2.75, 3.05) is 0 Å². The summed E-state index contributed by atoms with van der Waals surface area (Å²) < 4.78 is 40.8. The van der Waals surface area contributed by atoms with Crippen molar-refractivity contribution in [1.29, 1.82) is 0 Å². The van der Waals surface area contributed by atoms with E-state index in [1.165, 1.54) is 25.7 Å². The maximum absolute atomic E-state index is 13.6. The Morgan fingerprint density at radius 2 is 1.51 bits per heavy atom. The van der Waals surface area contributed by atoms with E-state index < -0.39 is 11.8 Å². The van der Waals surface area contributed by atoms with E-state index in [2.05, 4.69) is 41.5 Å². The number of hydrogen-bond donors (Lipinski definition) is 2. The Balaban J connectivity index is 1.42. The Kier molecular flexibility index (Phi) is 7.27. The molecule has 4 rings (SSSR count). The van der Waals surface area contributed by atoms with Gasteiger partial charge in [0.1, 0.15) is 0 Å². The van der Waals surface area contributed by atoms with Crippen molar-refractivity contribution < 1.29 is 23.4 Å². The second-order valence-electron chi connectivity index (χ2n) is 14.9. The van der Waals surface area contributed by atoms with Crippen molar-refractivity contribution >= 4 is 0 Å². The SMILES string of the molecule is C[C@H](CCC[C@H](O)C(C)(C)C)[C@H]1CC[C@H]2[C@@H]3CC[C@H]4C[C@](O)(C(F)(F)F)CC[C@]4(C)[C@H]3CC[C@]12C. The summed E-state index contributed by atoms with van der Waals surface area (Å²) >= 11 is 0. The summed E-state index contributed by atoms with van der Waals surface area (Å²) in [5.74, 6) is 3.18. The minimum atomic E-state index is -4.52. The lowest BCUT2D eigenvalue weighted by Gasteiger charge is -2.62. The summed E-state index contributed by atoms with van der Waals surface area (Å²) in [5.41, 5.74) is -2.26. The fourth-order valence-corrected chi connectivity index (χ4v) is 9.75. The highest BCUT2D eigenvalue weighted by Gasteiger charge is 2.65. The van der Waals surface area contributed by atoms with Crippen LogP contribution in [0.2, 0.25) is 0 Å². The first-order valence-electron chi connectivity index (χ1n) is 14.5. The second kappa shape index (κ2) is 9.17. The predicted octanol–water partition coefficient (Wildman–Crippen LogP) is 8.15. The molecule has 0 bridgehead atoms. The summed E-state index contributed by atoms with van der Waals surface area (Å²) in [6, 6.07) is 0. The van der Waals surface area contributed by atoms with Gasteiger partial charge in [0.25, 0.3) is 0 Å². The zero-order valence-corrected chi connectivity index (χ0v) is 23.1. The summed E-state index contributed by atoms with van der Waals surface area (Å²) in [5, 5.41) is 20.9. The lowest BCUT2D eigenvalue weighted by Crippen LogP contribution is -2.59. The predicted molar refractivity (Wildman–Crippen MR) is 135 cm³/mol. The third kappa shape index (κ3) is 4.72. The van der Waals surface area contributed by atoms with Crippen molar-refractivity contribution in [2.24, 2.45) is 51.8 Å². The first-order valence-corrected chi connectivity index (χ1v) is 14.5. The molecule has 0 aromatic carbocycles. The van der Waals surface area contributed by atoms with E-state index >= 15 is 0 Å². The highest BCUT2D eigenvalue weighted by atomic mass is 19.4. The zero-order valence-electron chi connectivity index (χ0n) is 23.1. The Morgan fingerprint density at radius 1 is 0.857 bits per heavy atom. The van der Waals surface area contributed by atoms with Gasteiger partial charge in [0.2, 0.25) is 0 Å². The number of rotatable bonds is 5. The van der Waals surface area contributed by atoms with E-state index in [0.29, 0.717) is 41.4 Å². The van der Waals surface area contributed by atoms with Crippen LogP contribution < -0.4 is 0 Å². The normalized spacial score (nSPS) is 45.9. The van der Waals surface area contributed by atoms with Crippen LogP contribution in [0.25, 0.3) is 0 Å². The Bertz CT molecular complexity index is 760. The monoisotopic (exact) mass is 500 g/mol. The second-order valence-corrected chi connectivity index (χ2v) is 14.9. The molecule has 0 amide bonds. The van der Waals surface area contributed by atoms with Gasteiger partial charge in [-0.05, 0) is 116 Å². The first-order chi connectivity index (χ1) is 16.0. The minimum Gasteiger partial charge on any atom is -0.393 e. The quantitative estimate of drug-likeness (QED) is 0.400. The lowest BCUT2D eigenvalue weighted by atomic mass is 9.43. The van der Waals surface area contributed by atoms with Crippen LogP contribution in [0.3, 0.4) is 0 Å². The van der Waals surface area contributed by atoms with Crippen molar-refractivity contribution in [3.8, 4) is 0 Å². The minimum absolute atomic E-state index is 0.0150. The number of halogens is 3. The maximum Gasteiger partial charge on any atom is 0.417 e. The highest BCUT2D eigenvalue weighted by Crippen LogP contribution is 2.69. The Labute approximate surface area is 211 Å². The molecule has 0 saturated heterocycles. The van der Waals surface area contributed by atoms with Crippen LogP contribution in [0.4, 0.5) is 13.2 Å². The number of fused-ring (bicyclic) bond motifs is 5. The van der Waals surface area contributed by atoms with Gasteiger partial charge in [-0.3, -0.25) is 0 Å². The summed E-state index contributed by atoms with van der Waals surface area (Å²) in [6.07, 6.45) is 5.39. The summed E-state index contributed by atoms with van der Waals surface area (Å²) in [6.45, 7) is 13.5. The largest absolute Gasteiger partial charge is 0.417 e. The van der Waals surface area contributed by atoms with E-state index in [4.69, 9.17) is 0 Å². The van der Waals surface area contributed by atoms with Gasteiger partial charge in [-0.1, -0.05) is 54.4 Å². The fourth-order valence-electron chi connectivity index (χ4n) is 9.75. The lowest BCUT2D eigenvalue weighted by molar-refractivity contribution is -0.290. The molecule has 2 N–H and O–H groups in total. The molecule has 35 heavy (non-hydrogen) atoms. The summed E-state index contributed by atoms with van der Waals surface area (Å²) in [7, 11) is 0. The molecule has 2 nitrogen and oxygen atoms in total. The fraction of sp³-hybridized carbons (Fsp3) is 1.00. The van der Waals surface area contributed by atoms with Crippen molar-refractivity contribution in [3.63, 3.8) is 0 Å². The molecule has 0 aromatic rings. The molecule has 4 aliphatic carbocycles. The van der Waals surface area contributed by atoms with E-state index in [-0.39, 0.29) is 35.7 Å². The van der Waals surface area contributed by atoms with Gasteiger partial charge in [-0.25, -0.2) is 0 Å². The molecule has 0 aromatic heterocycles. The molecule has 0 radical (unpaired) electrons. The molecule has 4 aliphatic rings. The number of aliphatic hydroxyl groups is 2. The van der Waals surface area contributed by atoms with E-state index in [1.54, 1.807) is 0 Å². The van der Waals surface area contributed by atoms with E-state index in [0.717, 1.165) is 32.1 Å². The van der Waals surface area contributed by atoms with Crippen LogP contribution in [0.15, 0.2) is 0 Å². The van der Waals surface area contributed by atoms with Crippen LogP contribution in [0.1, 0.15) is 119 Å². The molecular weight excluding hydrogens is 449 g/mol. The zero-order chi connectivity index (χ0) is 26.0. The third-order valence-electron chi connectivity index (χ3n) is 12.2. The van der Waals surface area contributed by atoms with Gasteiger partial charge >= 0.3 is 6.18 Å². The average Bonchev–Trinajstić information content (AvgIpc) is 3.10. The standard InChI is InChI=1S/C30H51F3O2/c1-19(8-7-9-25(34)26(2,3)4)22-12-13-23-21-11-10-20-18-29(35,30(31,32)33)17-16-27(20,5)24(21)14-15-28(22,23)6/h19-25,34-35H,7-18H2,1-6H3/t19-,20+,21+,22-,23+,24+,25+,27+,28-,29+/m1/s1. The van der Waals surface area contributed by atoms with Gasteiger partial charge in [0.15, 0.2) is 5.60 Å². The van der Waals surface area contributed by atoms with E-state index in [9.17, 15) is 23.4 Å². The molecule has 204 valence electrons. The molecule has 0 spiro atoms. The van der Waals surface area contributed by atoms with Crippen molar-refractivity contribution in [2.45, 2.75) is 136 Å². The Morgan fingerprint density at radius 3 is 2.14 bits per heavy atom. The average molecular weight is 501 g/mol. The first kappa shape index (κ1) is 27.7. The molecule has 4 fully saturated rings. The summed E-state index contributed by atoms with van der Waals surface area (Å²) in [4.78, 5) is 0. The van der Waals surface area contributed by atoms with Crippen molar-refractivity contribution in [3.05, 3.63) is 0 Å².